The predicted octanol–water partition coefficient (Wildman–Crippen LogP) is 0.754. The van der Waals surface area contributed by atoms with Gasteiger partial charge in [-0.3, -0.25) is 4.79 Å². The third kappa shape index (κ3) is 3.95. The van der Waals surface area contributed by atoms with E-state index in [2.05, 4.69) is 11.9 Å². The smallest absolute Gasteiger partial charge is 0.223 e. The van der Waals surface area contributed by atoms with Gasteiger partial charge in [-0.05, 0) is 52.2 Å². The fourth-order valence-corrected chi connectivity index (χ4v) is 5.02. The van der Waals surface area contributed by atoms with Crippen LogP contribution in [0.2, 0.25) is 0 Å². The summed E-state index contributed by atoms with van der Waals surface area (Å²) >= 11 is 0. The molecule has 20 heavy (non-hydrogen) atoms. The van der Waals surface area contributed by atoms with Gasteiger partial charge < -0.3 is 9.80 Å². The fraction of sp³-hybridized carbons (Fsp3) is 0.929. The third-order valence-electron chi connectivity index (χ3n) is 4.61. The van der Waals surface area contributed by atoms with Crippen LogP contribution in [0.4, 0.5) is 0 Å². The Morgan fingerprint density at radius 2 is 1.90 bits per heavy atom. The maximum atomic E-state index is 12.4. The number of carbonyl (C=O) groups is 1. The highest BCUT2D eigenvalue weighted by Crippen LogP contribution is 2.23. The molecule has 5 nitrogen and oxygen atoms in total. The summed E-state index contributed by atoms with van der Waals surface area (Å²) in [6.07, 6.45) is 3.33. The summed E-state index contributed by atoms with van der Waals surface area (Å²) in [4.78, 5) is 16.5. The second-order valence-corrected chi connectivity index (χ2v) is 8.42. The van der Waals surface area contributed by atoms with Crippen LogP contribution in [0.5, 0.6) is 0 Å². The van der Waals surface area contributed by atoms with Gasteiger partial charge in [0.1, 0.15) is 0 Å². The van der Waals surface area contributed by atoms with E-state index in [0.29, 0.717) is 25.3 Å². The Bertz CT molecular complexity index is 441. The van der Waals surface area contributed by atoms with Crippen LogP contribution in [-0.2, 0) is 14.6 Å². The number of likely N-dealkylation sites (tertiary alicyclic amines) is 1. The van der Waals surface area contributed by atoms with Gasteiger partial charge in [0.05, 0.1) is 11.5 Å². The zero-order chi connectivity index (χ0) is 14.8. The molecule has 1 unspecified atom stereocenters. The highest BCUT2D eigenvalue weighted by molar-refractivity contribution is 7.91. The van der Waals surface area contributed by atoms with E-state index >= 15 is 0 Å². The van der Waals surface area contributed by atoms with E-state index in [1.807, 2.05) is 6.92 Å². The average Bonchev–Trinajstić information content (AvgIpc) is 2.73. The van der Waals surface area contributed by atoms with E-state index in [0.717, 1.165) is 25.9 Å². The Labute approximate surface area is 122 Å². The Morgan fingerprint density at radius 1 is 1.25 bits per heavy atom. The normalized spacial score (nSPS) is 27.6. The monoisotopic (exact) mass is 302 g/mol. The molecule has 2 aliphatic rings. The molecule has 116 valence electrons. The average molecular weight is 302 g/mol. The van der Waals surface area contributed by atoms with Crippen molar-refractivity contribution in [2.24, 2.45) is 5.92 Å². The molecule has 0 aromatic heterocycles. The molecule has 0 aromatic carbocycles. The lowest BCUT2D eigenvalue weighted by Gasteiger charge is -2.32. The standard InChI is InChI=1S/C14H26N2O3S/c1-3-16(13-6-9-20(18,19)11-13)14(17)10-12-4-7-15(2)8-5-12/h12-13H,3-11H2,1-2H3. The highest BCUT2D eigenvalue weighted by Gasteiger charge is 2.34. The van der Waals surface area contributed by atoms with Crippen LogP contribution in [0.25, 0.3) is 0 Å². The molecule has 1 amide bonds. The number of hydrogen-bond acceptors (Lipinski definition) is 4. The van der Waals surface area contributed by atoms with Crippen molar-refractivity contribution in [3.8, 4) is 0 Å². The van der Waals surface area contributed by atoms with Gasteiger partial charge in [0.15, 0.2) is 9.84 Å². The van der Waals surface area contributed by atoms with Gasteiger partial charge in [0.2, 0.25) is 5.91 Å². The van der Waals surface area contributed by atoms with Crippen LogP contribution in [0.3, 0.4) is 0 Å². The molecular weight excluding hydrogens is 276 g/mol. The van der Waals surface area contributed by atoms with Crippen molar-refractivity contribution < 1.29 is 13.2 Å². The summed E-state index contributed by atoms with van der Waals surface area (Å²) in [7, 11) is -0.814. The van der Waals surface area contributed by atoms with Crippen LogP contribution in [0.15, 0.2) is 0 Å². The van der Waals surface area contributed by atoms with E-state index in [1.54, 1.807) is 4.90 Å². The Kier molecular flexibility index (Phi) is 5.07. The summed E-state index contributed by atoms with van der Waals surface area (Å²) in [5.41, 5.74) is 0. The van der Waals surface area contributed by atoms with Crippen molar-refractivity contribution in [2.75, 3.05) is 38.2 Å². The largest absolute Gasteiger partial charge is 0.339 e. The predicted molar refractivity (Wildman–Crippen MR) is 79.3 cm³/mol. The molecule has 0 aliphatic carbocycles. The van der Waals surface area contributed by atoms with E-state index in [9.17, 15) is 13.2 Å². The van der Waals surface area contributed by atoms with Crippen LogP contribution >= 0.6 is 0 Å². The molecule has 2 fully saturated rings. The number of nitrogens with zero attached hydrogens (tertiary/aromatic N) is 2. The van der Waals surface area contributed by atoms with Crippen molar-refractivity contribution in [3.05, 3.63) is 0 Å². The first kappa shape index (κ1) is 15.8. The quantitative estimate of drug-likeness (QED) is 0.769. The van der Waals surface area contributed by atoms with E-state index in [4.69, 9.17) is 0 Å². The first-order chi connectivity index (χ1) is 9.41. The van der Waals surface area contributed by atoms with Crippen LogP contribution in [0, 0.1) is 5.92 Å². The molecule has 0 saturated carbocycles. The minimum atomic E-state index is -2.93. The van der Waals surface area contributed by atoms with Gasteiger partial charge in [0, 0.05) is 19.0 Å². The number of sulfone groups is 1. The van der Waals surface area contributed by atoms with Gasteiger partial charge >= 0.3 is 0 Å². The second kappa shape index (κ2) is 6.43. The highest BCUT2D eigenvalue weighted by atomic mass is 32.2. The molecular formula is C14H26N2O3S. The lowest BCUT2D eigenvalue weighted by molar-refractivity contribution is -0.134. The van der Waals surface area contributed by atoms with Gasteiger partial charge in [0.25, 0.3) is 0 Å². The molecule has 0 N–H and O–H groups in total. The lowest BCUT2D eigenvalue weighted by Crippen LogP contribution is -2.42. The van der Waals surface area contributed by atoms with Gasteiger partial charge in [-0.1, -0.05) is 0 Å². The molecule has 1 atom stereocenters. The summed E-state index contributed by atoms with van der Waals surface area (Å²) in [5, 5.41) is 0. The summed E-state index contributed by atoms with van der Waals surface area (Å²) in [5.74, 6) is 0.991. The molecule has 2 saturated heterocycles. The minimum Gasteiger partial charge on any atom is -0.339 e. The Balaban J connectivity index is 1.89. The van der Waals surface area contributed by atoms with Crippen LogP contribution in [0.1, 0.15) is 32.6 Å². The number of carbonyl (C=O) groups excluding carboxylic acids is 1. The minimum absolute atomic E-state index is 0.0937. The number of amides is 1. The summed E-state index contributed by atoms with van der Waals surface area (Å²) in [6, 6.07) is -0.0937. The van der Waals surface area contributed by atoms with Gasteiger partial charge in [-0.25, -0.2) is 8.42 Å². The van der Waals surface area contributed by atoms with Gasteiger partial charge in [-0.2, -0.15) is 0 Å². The van der Waals surface area contributed by atoms with Crippen molar-refractivity contribution in [3.63, 3.8) is 0 Å². The lowest BCUT2D eigenvalue weighted by atomic mass is 9.93. The van der Waals surface area contributed by atoms with Crippen molar-refractivity contribution in [1.29, 1.82) is 0 Å². The van der Waals surface area contributed by atoms with Crippen molar-refractivity contribution >= 4 is 15.7 Å². The molecule has 2 heterocycles. The SMILES string of the molecule is CCN(C(=O)CC1CCN(C)CC1)C1CCS(=O)(=O)C1. The fourth-order valence-electron chi connectivity index (χ4n) is 3.29. The zero-order valence-electron chi connectivity index (χ0n) is 12.5. The van der Waals surface area contributed by atoms with E-state index in [-0.39, 0.29) is 23.5 Å². The van der Waals surface area contributed by atoms with Crippen LogP contribution < -0.4 is 0 Å². The van der Waals surface area contributed by atoms with Crippen LogP contribution in [-0.4, -0.2) is 68.4 Å². The molecule has 0 bridgehead atoms. The molecule has 0 aromatic rings. The van der Waals surface area contributed by atoms with Gasteiger partial charge in [-0.15, -0.1) is 0 Å². The molecule has 0 spiro atoms. The first-order valence-corrected chi connectivity index (χ1v) is 9.42. The van der Waals surface area contributed by atoms with E-state index in [1.165, 1.54) is 0 Å². The third-order valence-corrected chi connectivity index (χ3v) is 6.36. The molecule has 6 heteroatoms. The zero-order valence-corrected chi connectivity index (χ0v) is 13.4. The summed E-state index contributed by atoms with van der Waals surface area (Å²) < 4.78 is 23.1. The molecule has 0 radical (unpaired) electrons. The second-order valence-electron chi connectivity index (χ2n) is 6.19. The Hall–Kier alpha value is -0.620. The van der Waals surface area contributed by atoms with Crippen molar-refractivity contribution in [2.45, 2.75) is 38.6 Å². The topological polar surface area (TPSA) is 57.7 Å². The number of hydrogen-bond donors (Lipinski definition) is 0. The number of piperidine rings is 1. The Morgan fingerprint density at radius 3 is 2.40 bits per heavy atom. The van der Waals surface area contributed by atoms with E-state index < -0.39 is 9.84 Å². The molecule has 2 rings (SSSR count). The number of rotatable bonds is 4. The maximum Gasteiger partial charge on any atom is 0.223 e. The molecule has 2 aliphatic heterocycles. The maximum absolute atomic E-state index is 12.4. The van der Waals surface area contributed by atoms with Crippen molar-refractivity contribution in [1.82, 2.24) is 9.80 Å². The first-order valence-electron chi connectivity index (χ1n) is 7.59. The summed E-state index contributed by atoms with van der Waals surface area (Å²) in [6.45, 7) is 4.67.